The van der Waals surface area contributed by atoms with E-state index in [2.05, 4.69) is 26.1 Å². The number of esters is 1. The van der Waals surface area contributed by atoms with E-state index in [1.165, 1.54) is 12.8 Å². The average molecular weight is 353 g/mol. The molecule has 0 radical (unpaired) electrons. The van der Waals surface area contributed by atoms with Crippen molar-refractivity contribution in [3.63, 3.8) is 0 Å². The van der Waals surface area contributed by atoms with E-state index in [-0.39, 0.29) is 5.97 Å². The Hall–Kier alpha value is -1.07. The van der Waals surface area contributed by atoms with E-state index >= 15 is 0 Å². The Labute approximate surface area is 134 Å². The summed E-state index contributed by atoms with van der Waals surface area (Å²) in [6.45, 7) is 3.98. The van der Waals surface area contributed by atoms with Crippen molar-refractivity contribution in [1.29, 1.82) is 0 Å². The first-order valence-electron chi connectivity index (χ1n) is 7.58. The highest BCUT2D eigenvalue weighted by Gasteiger charge is 2.49. The van der Waals surface area contributed by atoms with Gasteiger partial charge in [-0.15, -0.1) is 0 Å². The molecule has 0 bridgehead atoms. The molecule has 1 saturated carbocycles. The molecule has 2 fully saturated rings. The number of nitrogens with one attached hydrogen (secondary N) is 1. The van der Waals surface area contributed by atoms with Crippen molar-refractivity contribution in [2.45, 2.75) is 37.8 Å². The van der Waals surface area contributed by atoms with Gasteiger partial charge in [0.15, 0.2) is 0 Å². The first-order chi connectivity index (χ1) is 10.1. The van der Waals surface area contributed by atoms with E-state index in [0.717, 1.165) is 29.7 Å². The van der Waals surface area contributed by atoms with Crippen LogP contribution in [0.3, 0.4) is 0 Å². The van der Waals surface area contributed by atoms with Gasteiger partial charge >= 0.3 is 5.97 Å². The van der Waals surface area contributed by atoms with Gasteiger partial charge in [0.25, 0.3) is 0 Å². The van der Waals surface area contributed by atoms with E-state index < -0.39 is 5.54 Å². The summed E-state index contributed by atoms with van der Waals surface area (Å²) in [4.78, 5) is 14.9. The molecule has 1 unspecified atom stereocenters. The molecule has 1 atom stereocenters. The summed E-state index contributed by atoms with van der Waals surface area (Å²) in [5, 5.41) is 3.45. The van der Waals surface area contributed by atoms with Crippen LogP contribution in [0.5, 0.6) is 0 Å². The number of benzene rings is 1. The molecule has 2 aliphatic rings. The molecule has 3 rings (SSSR count). The third kappa shape index (κ3) is 3.24. The minimum atomic E-state index is -0.612. The number of nitrogens with zero attached hydrogens (tertiary/aromatic N) is 1. The second-order valence-corrected chi connectivity index (χ2v) is 6.81. The Morgan fingerprint density at radius 3 is 3.00 bits per heavy atom. The Bertz CT molecular complexity index is 533. The second kappa shape index (κ2) is 5.97. The van der Waals surface area contributed by atoms with Gasteiger partial charge in [0, 0.05) is 29.3 Å². The highest BCUT2D eigenvalue weighted by molar-refractivity contribution is 9.10. The van der Waals surface area contributed by atoms with Crippen molar-refractivity contribution in [3.8, 4) is 0 Å². The lowest BCUT2D eigenvalue weighted by Crippen LogP contribution is -2.50. The van der Waals surface area contributed by atoms with Crippen LogP contribution in [-0.4, -0.2) is 42.1 Å². The van der Waals surface area contributed by atoms with Crippen LogP contribution in [0.1, 0.15) is 26.2 Å². The van der Waals surface area contributed by atoms with Crippen LogP contribution in [0.25, 0.3) is 0 Å². The maximum atomic E-state index is 12.5. The molecule has 1 heterocycles. The molecule has 5 heteroatoms. The van der Waals surface area contributed by atoms with Crippen molar-refractivity contribution in [1.82, 2.24) is 4.90 Å². The molecule has 1 N–H and O–H groups in total. The largest absolute Gasteiger partial charge is 0.464 e. The van der Waals surface area contributed by atoms with Gasteiger partial charge in [0.1, 0.15) is 5.54 Å². The van der Waals surface area contributed by atoms with Crippen LogP contribution >= 0.6 is 15.9 Å². The average Bonchev–Trinajstić information content (AvgIpc) is 3.21. The lowest BCUT2D eigenvalue weighted by atomic mass is 9.98. The first kappa shape index (κ1) is 14.9. The summed E-state index contributed by atoms with van der Waals surface area (Å²) in [7, 11) is 0. The number of likely N-dealkylation sites (tertiary alicyclic amines) is 1. The predicted octanol–water partition coefficient (Wildman–Crippen LogP) is 3.03. The second-order valence-electron chi connectivity index (χ2n) is 5.89. The normalized spacial score (nSPS) is 25.8. The van der Waals surface area contributed by atoms with Gasteiger partial charge in [-0.05, 0) is 44.4 Å². The fraction of sp³-hybridized carbons (Fsp3) is 0.562. The van der Waals surface area contributed by atoms with Crippen LogP contribution in [0, 0.1) is 0 Å². The zero-order valence-electron chi connectivity index (χ0n) is 12.3. The molecule has 21 heavy (non-hydrogen) atoms. The van der Waals surface area contributed by atoms with E-state index in [4.69, 9.17) is 4.74 Å². The number of carbonyl (C=O) groups is 1. The Morgan fingerprint density at radius 1 is 1.52 bits per heavy atom. The van der Waals surface area contributed by atoms with Crippen LogP contribution in [0.2, 0.25) is 0 Å². The summed E-state index contributed by atoms with van der Waals surface area (Å²) >= 11 is 3.48. The number of rotatable bonds is 5. The van der Waals surface area contributed by atoms with Crippen molar-refractivity contribution >= 4 is 27.6 Å². The van der Waals surface area contributed by atoms with Gasteiger partial charge in [-0.25, -0.2) is 4.79 Å². The maximum absolute atomic E-state index is 12.5. The van der Waals surface area contributed by atoms with Gasteiger partial charge in [0.2, 0.25) is 0 Å². The number of ether oxygens (including phenoxy) is 1. The van der Waals surface area contributed by atoms with E-state index in [0.29, 0.717) is 12.6 Å². The zero-order chi connectivity index (χ0) is 14.9. The van der Waals surface area contributed by atoms with Crippen LogP contribution in [0.4, 0.5) is 5.69 Å². The van der Waals surface area contributed by atoms with Gasteiger partial charge in [-0.2, -0.15) is 0 Å². The van der Waals surface area contributed by atoms with Crippen molar-refractivity contribution in [2.75, 3.05) is 25.0 Å². The minimum Gasteiger partial charge on any atom is -0.464 e. The third-order valence-electron chi connectivity index (χ3n) is 4.24. The van der Waals surface area contributed by atoms with Crippen LogP contribution in [0.15, 0.2) is 28.7 Å². The molecule has 114 valence electrons. The first-order valence-corrected chi connectivity index (χ1v) is 8.37. The monoisotopic (exact) mass is 352 g/mol. The molecule has 1 saturated heterocycles. The van der Waals surface area contributed by atoms with E-state index in [1.54, 1.807) is 0 Å². The molecule has 0 aromatic heterocycles. The molecule has 1 aromatic rings. The van der Waals surface area contributed by atoms with E-state index in [1.807, 2.05) is 31.2 Å². The summed E-state index contributed by atoms with van der Waals surface area (Å²) < 4.78 is 6.34. The number of halogens is 1. The summed E-state index contributed by atoms with van der Waals surface area (Å²) in [6.07, 6.45) is 3.32. The molecule has 1 aliphatic heterocycles. The molecular weight excluding hydrogens is 332 g/mol. The zero-order valence-corrected chi connectivity index (χ0v) is 13.9. The number of carbonyl (C=O) groups excluding carboxylic acids is 1. The minimum absolute atomic E-state index is 0.131. The number of anilines is 1. The molecule has 0 spiro atoms. The highest BCUT2D eigenvalue weighted by Crippen LogP contribution is 2.36. The molecule has 0 amide bonds. The SMILES string of the molecule is CCOC(=O)C1(Nc2cccc(Br)c2)CCN(C2CC2)C1. The quantitative estimate of drug-likeness (QED) is 0.827. The summed E-state index contributed by atoms with van der Waals surface area (Å²) in [5.74, 6) is -0.131. The van der Waals surface area contributed by atoms with Crippen molar-refractivity contribution in [3.05, 3.63) is 28.7 Å². The Balaban J connectivity index is 1.80. The van der Waals surface area contributed by atoms with Gasteiger partial charge in [-0.1, -0.05) is 22.0 Å². The summed E-state index contributed by atoms with van der Waals surface area (Å²) in [5.41, 5.74) is 0.342. The fourth-order valence-corrected chi connectivity index (χ4v) is 3.42. The molecule has 4 nitrogen and oxygen atoms in total. The smallest absolute Gasteiger partial charge is 0.333 e. The number of hydrogen-bond acceptors (Lipinski definition) is 4. The standard InChI is InChI=1S/C16H21BrN2O2/c1-2-21-15(20)16(8-9-19(11-16)14-6-7-14)18-13-5-3-4-12(17)10-13/h3-5,10,14,18H,2,6-9,11H2,1H3. The molecule has 1 aromatic carbocycles. The topological polar surface area (TPSA) is 41.6 Å². The van der Waals surface area contributed by atoms with Crippen molar-refractivity contribution < 1.29 is 9.53 Å². The van der Waals surface area contributed by atoms with E-state index in [9.17, 15) is 4.79 Å². The molecule has 1 aliphatic carbocycles. The third-order valence-corrected chi connectivity index (χ3v) is 4.73. The maximum Gasteiger partial charge on any atom is 0.333 e. The highest BCUT2D eigenvalue weighted by atomic mass is 79.9. The number of hydrogen-bond donors (Lipinski definition) is 1. The predicted molar refractivity (Wildman–Crippen MR) is 86.3 cm³/mol. The Kier molecular flexibility index (Phi) is 4.22. The lowest BCUT2D eigenvalue weighted by molar-refractivity contribution is -0.148. The Morgan fingerprint density at radius 2 is 2.33 bits per heavy atom. The van der Waals surface area contributed by atoms with Gasteiger partial charge < -0.3 is 10.1 Å². The fourth-order valence-electron chi connectivity index (χ4n) is 3.02. The van der Waals surface area contributed by atoms with Crippen LogP contribution < -0.4 is 5.32 Å². The van der Waals surface area contributed by atoms with Crippen molar-refractivity contribution in [2.24, 2.45) is 0 Å². The van der Waals surface area contributed by atoms with Gasteiger partial charge in [0.05, 0.1) is 6.61 Å². The molecular formula is C16H21BrN2O2. The van der Waals surface area contributed by atoms with Gasteiger partial charge in [-0.3, -0.25) is 4.90 Å². The van der Waals surface area contributed by atoms with Crippen LogP contribution in [-0.2, 0) is 9.53 Å². The summed E-state index contributed by atoms with van der Waals surface area (Å²) in [6, 6.07) is 8.61. The lowest BCUT2D eigenvalue weighted by Gasteiger charge is -2.29.